The topological polar surface area (TPSA) is 127 Å². The molecule has 0 atom stereocenters. The first kappa shape index (κ1) is 23.6. The number of benzene rings is 2. The maximum atomic E-state index is 12.8. The van der Waals surface area contributed by atoms with Crippen LogP contribution in [-0.2, 0) is 17.6 Å². The van der Waals surface area contributed by atoms with E-state index >= 15 is 0 Å². The van der Waals surface area contributed by atoms with E-state index in [9.17, 15) is 19.7 Å². The minimum Gasteiger partial charge on any atom is -0.455 e. The number of nitrogens with one attached hydrogen (secondary N) is 2. The number of nitro benzene ring substituents is 1. The number of carbonyl (C=O) groups is 2. The second-order valence-electron chi connectivity index (χ2n) is 7.86. The number of nitro groups is 1. The lowest BCUT2D eigenvalue weighted by Gasteiger charge is -2.13. The molecule has 1 aromatic heterocycles. The molecule has 0 aliphatic heterocycles. The number of halogens is 1. The van der Waals surface area contributed by atoms with Crippen molar-refractivity contribution >= 4 is 51.5 Å². The fourth-order valence-corrected chi connectivity index (χ4v) is 4.17. The van der Waals surface area contributed by atoms with Crippen molar-refractivity contribution in [2.24, 2.45) is 5.10 Å². The van der Waals surface area contributed by atoms with Crippen LogP contribution in [0.4, 0.5) is 11.4 Å². The second kappa shape index (κ2) is 10.2. The molecule has 0 fully saturated rings. The minimum absolute atomic E-state index is 0.0311. The molecule has 4 rings (SSSR count). The minimum atomic E-state index is -0.487. The summed E-state index contributed by atoms with van der Waals surface area (Å²) >= 11 is 2.20. The molecule has 1 heterocycles. The van der Waals surface area contributed by atoms with Gasteiger partial charge in [-0.15, -0.1) is 0 Å². The van der Waals surface area contributed by atoms with Crippen LogP contribution < -0.4 is 10.7 Å². The van der Waals surface area contributed by atoms with E-state index in [0.717, 1.165) is 15.6 Å². The summed E-state index contributed by atoms with van der Waals surface area (Å²) in [6.07, 6.45) is 2.15. The molecule has 0 bridgehead atoms. The third-order valence-electron chi connectivity index (χ3n) is 5.46. The number of nitrogens with zero attached hydrogens (tertiary/aromatic N) is 2. The number of aryl methyl sites for hydroxylation is 1. The van der Waals surface area contributed by atoms with E-state index in [0.29, 0.717) is 41.1 Å². The molecule has 0 saturated carbocycles. The molecule has 34 heavy (non-hydrogen) atoms. The summed E-state index contributed by atoms with van der Waals surface area (Å²) in [5, 5.41) is 17.9. The summed E-state index contributed by atoms with van der Waals surface area (Å²) in [6.45, 7) is 1.81. The van der Waals surface area contributed by atoms with Crippen molar-refractivity contribution in [1.29, 1.82) is 0 Å². The van der Waals surface area contributed by atoms with Crippen molar-refractivity contribution in [3.63, 3.8) is 0 Å². The first-order chi connectivity index (χ1) is 16.3. The van der Waals surface area contributed by atoms with Crippen molar-refractivity contribution in [1.82, 2.24) is 5.43 Å². The number of furan rings is 1. The van der Waals surface area contributed by atoms with E-state index in [1.165, 1.54) is 12.1 Å². The van der Waals surface area contributed by atoms with Crippen LogP contribution in [0, 0.1) is 20.6 Å². The zero-order valence-electron chi connectivity index (χ0n) is 18.3. The number of hydrogen-bond donors (Lipinski definition) is 2. The number of amides is 2. The van der Waals surface area contributed by atoms with E-state index in [-0.39, 0.29) is 29.7 Å². The molecule has 1 aliphatic carbocycles. The van der Waals surface area contributed by atoms with Crippen LogP contribution in [0.3, 0.4) is 0 Å². The molecular weight excluding hydrogens is 551 g/mol. The number of rotatable bonds is 6. The van der Waals surface area contributed by atoms with Gasteiger partial charge in [0.25, 0.3) is 11.6 Å². The van der Waals surface area contributed by atoms with Gasteiger partial charge in [0.15, 0.2) is 5.76 Å². The van der Waals surface area contributed by atoms with E-state index < -0.39 is 4.92 Å². The van der Waals surface area contributed by atoms with Crippen LogP contribution in [0.2, 0.25) is 0 Å². The van der Waals surface area contributed by atoms with Crippen LogP contribution in [0.1, 0.15) is 45.8 Å². The first-order valence-corrected chi connectivity index (χ1v) is 11.7. The quantitative estimate of drug-likeness (QED) is 0.251. The average molecular weight is 572 g/mol. The van der Waals surface area contributed by atoms with Crippen molar-refractivity contribution < 1.29 is 18.9 Å². The van der Waals surface area contributed by atoms with Gasteiger partial charge in [0, 0.05) is 38.9 Å². The van der Waals surface area contributed by atoms with E-state index in [1.54, 1.807) is 12.1 Å². The third kappa shape index (κ3) is 5.33. The summed E-state index contributed by atoms with van der Waals surface area (Å²) < 4.78 is 6.96. The zero-order valence-corrected chi connectivity index (χ0v) is 20.4. The van der Waals surface area contributed by atoms with Gasteiger partial charge in [0.2, 0.25) is 5.91 Å². The molecule has 3 aromatic rings. The summed E-state index contributed by atoms with van der Waals surface area (Å²) in [6, 6.07) is 13.3. The highest BCUT2D eigenvalue weighted by molar-refractivity contribution is 14.1. The summed E-state index contributed by atoms with van der Waals surface area (Å²) in [5.74, 6) is 0.233. The Hall–Kier alpha value is -3.54. The van der Waals surface area contributed by atoms with Crippen LogP contribution in [0.25, 0.3) is 0 Å². The SMILES string of the molecule is Cc1c(C(=O)Nc2ccc(I)cc2)oc2c1/C(=N/NC(=O)Cc1ccc([N+](=O)[O-])cc1)CCC2. The Kier molecular flexibility index (Phi) is 7.06. The standard InChI is InChI=1S/C24H21IN4O5/c1-14-22-19(27-28-21(30)13-15-5-11-18(12-6-15)29(32)33)3-2-4-20(22)34-23(14)24(31)26-17-9-7-16(25)8-10-17/h5-12H,2-4,13H2,1H3,(H,26,31)(H,28,30)/b27-19+. The van der Waals surface area contributed by atoms with Gasteiger partial charge < -0.3 is 9.73 Å². The second-order valence-corrected chi connectivity index (χ2v) is 9.11. The molecule has 0 saturated heterocycles. The Bertz CT molecular complexity index is 1280. The number of anilines is 1. The largest absolute Gasteiger partial charge is 0.455 e. The van der Waals surface area contributed by atoms with Gasteiger partial charge in [0.05, 0.1) is 17.1 Å². The molecule has 9 nitrogen and oxygen atoms in total. The smallest absolute Gasteiger partial charge is 0.291 e. The van der Waals surface area contributed by atoms with Crippen LogP contribution in [0.5, 0.6) is 0 Å². The van der Waals surface area contributed by atoms with Crippen molar-refractivity contribution in [2.75, 3.05) is 5.32 Å². The molecule has 2 aromatic carbocycles. The number of fused-ring (bicyclic) bond motifs is 1. The summed E-state index contributed by atoms with van der Waals surface area (Å²) in [4.78, 5) is 35.5. The van der Waals surface area contributed by atoms with Gasteiger partial charge >= 0.3 is 0 Å². The normalized spacial score (nSPS) is 13.9. The Labute approximate surface area is 208 Å². The number of hydrogen-bond acceptors (Lipinski definition) is 6. The lowest BCUT2D eigenvalue weighted by Crippen LogP contribution is -2.23. The van der Waals surface area contributed by atoms with Crippen molar-refractivity contribution in [3.8, 4) is 0 Å². The molecule has 0 radical (unpaired) electrons. The van der Waals surface area contributed by atoms with Gasteiger partial charge in [-0.2, -0.15) is 5.10 Å². The molecule has 174 valence electrons. The lowest BCUT2D eigenvalue weighted by molar-refractivity contribution is -0.384. The number of non-ortho nitro benzene ring substituents is 1. The van der Waals surface area contributed by atoms with Crippen LogP contribution in [0.15, 0.2) is 58.0 Å². The molecular formula is C24H21IN4O5. The van der Waals surface area contributed by atoms with E-state index in [1.807, 2.05) is 31.2 Å². The maximum absolute atomic E-state index is 12.8. The summed E-state index contributed by atoms with van der Waals surface area (Å²) in [5.41, 5.74) is 5.94. The third-order valence-corrected chi connectivity index (χ3v) is 6.18. The monoisotopic (exact) mass is 572 g/mol. The lowest BCUT2D eigenvalue weighted by atomic mass is 9.93. The highest BCUT2D eigenvalue weighted by Crippen LogP contribution is 2.30. The van der Waals surface area contributed by atoms with Gasteiger partial charge in [-0.05, 0) is 72.2 Å². The van der Waals surface area contributed by atoms with Crippen LogP contribution >= 0.6 is 22.6 Å². The predicted octanol–water partition coefficient (Wildman–Crippen LogP) is 4.75. The first-order valence-electron chi connectivity index (χ1n) is 10.6. The molecule has 2 N–H and O–H groups in total. The Morgan fingerprint density at radius 3 is 2.50 bits per heavy atom. The number of hydrazone groups is 1. The molecule has 1 aliphatic rings. The number of carbonyl (C=O) groups excluding carboxylic acids is 2. The van der Waals surface area contributed by atoms with Crippen LogP contribution in [-0.4, -0.2) is 22.4 Å². The average Bonchev–Trinajstić information content (AvgIpc) is 3.17. The predicted molar refractivity (Wildman–Crippen MR) is 135 cm³/mol. The van der Waals surface area contributed by atoms with E-state index in [2.05, 4.69) is 38.4 Å². The van der Waals surface area contributed by atoms with Gasteiger partial charge in [-0.25, -0.2) is 5.43 Å². The zero-order chi connectivity index (χ0) is 24.2. The Balaban J connectivity index is 1.47. The fourth-order valence-electron chi connectivity index (χ4n) is 3.81. The molecule has 0 spiro atoms. The molecule has 2 amide bonds. The highest BCUT2D eigenvalue weighted by atomic mass is 127. The molecule has 10 heteroatoms. The van der Waals surface area contributed by atoms with E-state index in [4.69, 9.17) is 4.42 Å². The maximum Gasteiger partial charge on any atom is 0.291 e. The van der Waals surface area contributed by atoms with Crippen molar-refractivity contribution in [3.05, 3.63) is 90.4 Å². The highest BCUT2D eigenvalue weighted by Gasteiger charge is 2.28. The van der Waals surface area contributed by atoms with Gasteiger partial charge in [0.1, 0.15) is 5.76 Å². The molecule has 0 unspecified atom stereocenters. The van der Waals surface area contributed by atoms with Crippen molar-refractivity contribution in [2.45, 2.75) is 32.6 Å². The summed E-state index contributed by atoms with van der Waals surface area (Å²) in [7, 11) is 0. The Morgan fingerprint density at radius 1 is 1.12 bits per heavy atom. The fraction of sp³-hybridized carbons (Fsp3) is 0.208. The van der Waals surface area contributed by atoms with Gasteiger partial charge in [-0.3, -0.25) is 19.7 Å². The van der Waals surface area contributed by atoms with Gasteiger partial charge in [-0.1, -0.05) is 12.1 Å². The Morgan fingerprint density at radius 2 is 1.82 bits per heavy atom.